The zero-order valence-electron chi connectivity index (χ0n) is 50.6. The summed E-state index contributed by atoms with van der Waals surface area (Å²) in [4.78, 5) is 38.4. The van der Waals surface area contributed by atoms with Gasteiger partial charge in [0.25, 0.3) is 0 Å². The number of allylic oxidation sites excluding steroid dienone is 6. The van der Waals surface area contributed by atoms with Crippen LogP contribution in [0.2, 0.25) is 0 Å². The van der Waals surface area contributed by atoms with E-state index in [0.717, 1.165) is 64.2 Å². The molecule has 0 saturated heterocycles. The van der Waals surface area contributed by atoms with Crippen LogP contribution >= 0.6 is 0 Å². The van der Waals surface area contributed by atoms with Gasteiger partial charge in [0.15, 0.2) is 6.10 Å². The van der Waals surface area contributed by atoms with Crippen LogP contribution in [0.25, 0.3) is 0 Å². The highest BCUT2D eigenvalue weighted by atomic mass is 16.6. The molecule has 0 aliphatic rings. The van der Waals surface area contributed by atoms with E-state index in [1.807, 2.05) is 0 Å². The Morgan fingerprint density at radius 1 is 0.267 bits per heavy atom. The SMILES string of the molecule is CCCCC/C=C\C/C=C\CCCCCCCCCCCC(=O)OC[C@H](COC(=O)CCCCCCCCCCCCCCCCCCC)OC(=O)CCCCCCCCCCCCC/C=C\CCCCCCCC. The minimum atomic E-state index is -0.773. The largest absolute Gasteiger partial charge is 0.462 e. The molecule has 440 valence electrons. The van der Waals surface area contributed by atoms with Crippen LogP contribution in [0.1, 0.15) is 367 Å². The van der Waals surface area contributed by atoms with Gasteiger partial charge in [-0.05, 0) is 77.0 Å². The Hall–Kier alpha value is -2.37. The third-order valence-electron chi connectivity index (χ3n) is 15.1. The fraction of sp³-hybridized carbons (Fsp3) is 0.870. The predicted octanol–water partition coefficient (Wildman–Crippen LogP) is 22.8. The first-order chi connectivity index (χ1) is 37.0. The van der Waals surface area contributed by atoms with Gasteiger partial charge in [0.05, 0.1) is 0 Å². The van der Waals surface area contributed by atoms with Gasteiger partial charge in [-0.25, -0.2) is 0 Å². The lowest BCUT2D eigenvalue weighted by atomic mass is 10.0. The molecule has 0 unspecified atom stereocenters. The molecule has 0 aromatic rings. The Kier molecular flexibility index (Phi) is 62.1. The van der Waals surface area contributed by atoms with Gasteiger partial charge in [-0.15, -0.1) is 0 Å². The molecule has 0 rings (SSSR count). The summed E-state index contributed by atoms with van der Waals surface area (Å²) in [6, 6.07) is 0. The van der Waals surface area contributed by atoms with Crippen LogP contribution in [0.15, 0.2) is 36.5 Å². The number of rotatable bonds is 62. The van der Waals surface area contributed by atoms with Gasteiger partial charge in [-0.1, -0.05) is 308 Å². The summed E-state index contributed by atoms with van der Waals surface area (Å²) in [5.74, 6) is -0.847. The summed E-state index contributed by atoms with van der Waals surface area (Å²) < 4.78 is 17.0. The second kappa shape index (κ2) is 64.2. The van der Waals surface area contributed by atoms with E-state index < -0.39 is 6.10 Å². The average Bonchev–Trinajstić information content (AvgIpc) is 3.41. The maximum absolute atomic E-state index is 12.9. The van der Waals surface area contributed by atoms with Gasteiger partial charge in [0.2, 0.25) is 0 Å². The lowest BCUT2D eigenvalue weighted by Crippen LogP contribution is -2.30. The van der Waals surface area contributed by atoms with Crippen molar-refractivity contribution in [1.29, 1.82) is 0 Å². The van der Waals surface area contributed by atoms with E-state index in [0.29, 0.717) is 19.3 Å². The predicted molar refractivity (Wildman–Crippen MR) is 326 cm³/mol. The van der Waals surface area contributed by atoms with Crippen LogP contribution in [-0.4, -0.2) is 37.2 Å². The Bertz CT molecular complexity index is 1250. The van der Waals surface area contributed by atoms with E-state index in [1.54, 1.807) is 0 Å². The van der Waals surface area contributed by atoms with E-state index in [9.17, 15) is 14.4 Å². The van der Waals surface area contributed by atoms with Crippen LogP contribution in [-0.2, 0) is 28.6 Å². The fourth-order valence-electron chi connectivity index (χ4n) is 10.1. The zero-order valence-corrected chi connectivity index (χ0v) is 50.6. The van der Waals surface area contributed by atoms with E-state index in [-0.39, 0.29) is 31.1 Å². The Morgan fingerprint density at radius 3 is 0.773 bits per heavy atom. The molecule has 0 saturated carbocycles. The first-order valence-electron chi connectivity index (χ1n) is 33.5. The molecule has 0 heterocycles. The lowest BCUT2D eigenvalue weighted by molar-refractivity contribution is -0.167. The Morgan fingerprint density at radius 2 is 0.480 bits per heavy atom. The summed E-state index contributed by atoms with van der Waals surface area (Å²) in [7, 11) is 0. The van der Waals surface area contributed by atoms with Crippen LogP contribution in [0.5, 0.6) is 0 Å². The van der Waals surface area contributed by atoms with E-state index >= 15 is 0 Å². The van der Waals surface area contributed by atoms with Crippen molar-refractivity contribution in [2.75, 3.05) is 13.2 Å². The Labute approximate surface area is 467 Å². The number of carbonyl (C=O) groups is 3. The molecule has 75 heavy (non-hydrogen) atoms. The van der Waals surface area contributed by atoms with Gasteiger partial charge in [0.1, 0.15) is 13.2 Å². The third-order valence-corrected chi connectivity index (χ3v) is 15.1. The average molecular weight is 1050 g/mol. The highest BCUT2D eigenvalue weighted by Crippen LogP contribution is 2.18. The number of unbranched alkanes of at least 4 members (excludes halogenated alkanes) is 45. The molecular formula is C69H128O6. The zero-order chi connectivity index (χ0) is 54.3. The van der Waals surface area contributed by atoms with Crippen molar-refractivity contribution < 1.29 is 28.6 Å². The first-order valence-corrected chi connectivity index (χ1v) is 33.5. The molecule has 0 aliphatic carbocycles. The maximum atomic E-state index is 12.9. The summed E-state index contributed by atoms with van der Waals surface area (Å²) in [5, 5.41) is 0. The molecular weight excluding hydrogens is 925 g/mol. The monoisotopic (exact) mass is 1050 g/mol. The normalized spacial score (nSPS) is 12.2. The van der Waals surface area contributed by atoms with E-state index in [1.165, 1.54) is 263 Å². The minimum Gasteiger partial charge on any atom is -0.462 e. The third kappa shape index (κ3) is 62.4. The van der Waals surface area contributed by atoms with Crippen LogP contribution in [0.4, 0.5) is 0 Å². The maximum Gasteiger partial charge on any atom is 0.306 e. The molecule has 0 spiro atoms. The molecule has 0 amide bonds. The smallest absolute Gasteiger partial charge is 0.306 e. The van der Waals surface area contributed by atoms with Gasteiger partial charge in [-0.3, -0.25) is 14.4 Å². The molecule has 0 aromatic heterocycles. The second-order valence-electron chi connectivity index (χ2n) is 22.7. The van der Waals surface area contributed by atoms with Crippen LogP contribution < -0.4 is 0 Å². The van der Waals surface area contributed by atoms with Crippen molar-refractivity contribution in [3.05, 3.63) is 36.5 Å². The highest BCUT2D eigenvalue weighted by molar-refractivity contribution is 5.71. The first kappa shape index (κ1) is 72.6. The van der Waals surface area contributed by atoms with Crippen molar-refractivity contribution >= 4 is 17.9 Å². The summed E-state index contributed by atoms with van der Waals surface area (Å²) in [5.41, 5.74) is 0. The summed E-state index contributed by atoms with van der Waals surface area (Å²) in [6.07, 6.45) is 78.6. The van der Waals surface area contributed by atoms with E-state index in [4.69, 9.17) is 14.2 Å². The molecule has 0 bridgehead atoms. The molecule has 0 aromatic carbocycles. The molecule has 6 nitrogen and oxygen atoms in total. The molecule has 6 heteroatoms. The van der Waals surface area contributed by atoms with E-state index in [2.05, 4.69) is 57.2 Å². The van der Waals surface area contributed by atoms with Crippen LogP contribution in [0, 0.1) is 0 Å². The van der Waals surface area contributed by atoms with Gasteiger partial charge in [0, 0.05) is 19.3 Å². The molecule has 0 N–H and O–H groups in total. The summed E-state index contributed by atoms with van der Waals surface area (Å²) in [6.45, 7) is 6.68. The standard InChI is InChI=1S/C69H128O6/c1-4-7-10-13-16-19-22-25-28-31-33-34-36-39-42-45-48-51-54-57-60-63-69(72)75-66(64-73-67(70)61-58-55-52-49-46-43-40-37-30-27-24-21-18-15-12-9-6-3)65-74-68(71)62-59-56-53-50-47-44-41-38-35-32-29-26-23-20-17-14-11-8-5-2/h17,20,25-26,28-29,66H,4-16,18-19,21-24,27,30-65H2,1-3H3/b20-17-,28-25-,29-26-/t66-/m0/s1. The van der Waals surface area contributed by atoms with Gasteiger partial charge < -0.3 is 14.2 Å². The number of hydrogen-bond donors (Lipinski definition) is 0. The highest BCUT2D eigenvalue weighted by Gasteiger charge is 2.19. The molecule has 0 fully saturated rings. The second-order valence-corrected chi connectivity index (χ2v) is 22.7. The lowest BCUT2D eigenvalue weighted by Gasteiger charge is -2.18. The molecule has 0 aliphatic heterocycles. The van der Waals surface area contributed by atoms with Crippen molar-refractivity contribution in [3.63, 3.8) is 0 Å². The quantitative estimate of drug-likeness (QED) is 0.0261. The number of esters is 3. The van der Waals surface area contributed by atoms with Gasteiger partial charge >= 0.3 is 17.9 Å². The Balaban J connectivity index is 4.32. The van der Waals surface area contributed by atoms with Crippen molar-refractivity contribution in [2.45, 2.75) is 374 Å². The summed E-state index contributed by atoms with van der Waals surface area (Å²) >= 11 is 0. The van der Waals surface area contributed by atoms with Gasteiger partial charge in [-0.2, -0.15) is 0 Å². The van der Waals surface area contributed by atoms with Crippen molar-refractivity contribution in [3.8, 4) is 0 Å². The molecule has 1 atom stereocenters. The number of carbonyl (C=O) groups excluding carboxylic acids is 3. The number of hydrogen-bond acceptors (Lipinski definition) is 6. The molecule has 0 radical (unpaired) electrons. The topological polar surface area (TPSA) is 78.9 Å². The number of ether oxygens (including phenoxy) is 3. The minimum absolute atomic E-state index is 0.0687. The van der Waals surface area contributed by atoms with Crippen LogP contribution in [0.3, 0.4) is 0 Å². The van der Waals surface area contributed by atoms with Crippen molar-refractivity contribution in [2.24, 2.45) is 0 Å². The fourth-order valence-corrected chi connectivity index (χ4v) is 10.1. The van der Waals surface area contributed by atoms with Crippen molar-refractivity contribution in [1.82, 2.24) is 0 Å².